The molecule has 0 nitrogen and oxygen atoms in total. The van der Waals surface area contributed by atoms with E-state index in [1.54, 1.807) is 0 Å². The molecule has 0 spiro atoms. The van der Waals surface area contributed by atoms with Gasteiger partial charge in [-0.2, -0.15) is 0 Å². The van der Waals surface area contributed by atoms with Crippen LogP contribution in [0, 0.1) is 5.92 Å². The fourth-order valence-corrected chi connectivity index (χ4v) is 1.47. The fourth-order valence-electron chi connectivity index (χ4n) is 1.47. The molecule has 1 atom stereocenters. The second-order valence-electron chi connectivity index (χ2n) is 4.68. The van der Waals surface area contributed by atoms with E-state index >= 15 is 0 Å². The lowest BCUT2D eigenvalue weighted by molar-refractivity contribution is 0.565. The molecule has 0 heterocycles. The number of hydrogen-bond donors (Lipinski definition) is 0. The minimum Gasteiger partial charge on any atom is -0.100 e. The van der Waals surface area contributed by atoms with Crippen LogP contribution in [0.4, 0.5) is 0 Å². The maximum Gasteiger partial charge on any atom is -0.0171 e. The van der Waals surface area contributed by atoms with Crippen LogP contribution in [0.15, 0.2) is 36.0 Å². The zero-order valence-electron chi connectivity index (χ0n) is 10.9. The Morgan fingerprint density at radius 3 is 2.20 bits per heavy atom. The molecule has 0 saturated carbocycles. The highest BCUT2D eigenvalue weighted by Crippen LogP contribution is 2.22. The SMILES string of the molecule is C=C(C)CCC(C/C=C(/C)CC)C(=C)C. The monoisotopic (exact) mass is 206 g/mol. The van der Waals surface area contributed by atoms with Crippen molar-refractivity contribution in [2.45, 2.75) is 53.4 Å². The smallest absolute Gasteiger partial charge is 0.0171 e. The second kappa shape index (κ2) is 7.50. The summed E-state index contributed by atoms with van der Waals surface area (Å²) >= 11 is 0. The van der Waals surface area contributed by atoms with Gasteiger partial charge in [-0.05, 0) is 52.4 Å². The molecule has 0 fully saturated rings. The number of hydrogen-bond acceptors (Lipinski definition) is 0. The van der Waals surface area contributed by atoms with E-state index in [4.69, 9.17) is 0 Å². The molecule has 0 bridgehead atoms. The highest BCUT2D eigenvalue weighted by Gasteiger charge is 2.07. The molecule has 15 heavy (non-hydrogen) atoms. The molecule has 0 aromatic heterocycles. The van der Waals surface area contributed by atoms with Gasteiger partial charge in [-0.1, -0.05) is 36.3 Å². The van der Waals surface area contributed by atoms with Crippen LogP contribution in [-0.2, 0) is 0 Å². The van der Waals surface area contributed by atoms with Crippen molar-refractivity contribution in [3.63, 3.8) is 0 Å². The largest absolute Gasteiger partial charge is 0.100 e. The van der Waals surface area contributed by atoms with Crippen molar-refractivity contribution in [3.05, 3.63) is 36.0 Å². The van der Waals surface area contributed by atoms with Crippen molar-refractivity contribution in [1.82, 2.24) is 0 Å². The summed E-state index contributed by atoms with van der Waals surface area (Å²) in [6, 6.07) is 0. The highest BCUT2D eigenvalue weighted by molar-refractivity contribution is 5.05. The van der Waals surface area contributed by atoms with Crippen molar-refractivity contribution < 1.29 is 0 Å². The second-order valence-corrected chi connectivity index (χ2v) is 4.68. The molecule has 0 aliphatic heterocycles. The van der Waals surface area contributed by atoms with Crippen LogP contribution in [0.25, 0.3) is 0 Å². The molecule has 0 aliphatic rings. The third kappa shape index (κ3) is 7.18. The van der Waals surface area contributed by atoms with E-state index in [2.05, 4.69) is 46.9 Å². The molecule has 0 heteroatoms. The molecule has 0 rings (SSSR count). The molecule has 0 amide bonds. The summed E-state index contributed by atoms with van der Waals surface area (Å²) in [4.78, 5) is 0. The molecule has 0 aromatic rings. The Hall–Kier alpha value is -0.780. The van der Waals surface area contributed by atoms with Gasteiger partial charge in [0.05, 0.1) is 0 Å². The Bertz CT molecular complexity index is 243. The average Bonchev–Trinajstić information content (AvgIpc) is 2.16. The van der Waals surface area contributed by atoms with Crippen LogP contribution in [0.1, 0.15) is 53.4 Å². The Labute approximate surface area is 95.8 Å². The summed E-state index contributed by atoms with van der Waals surface area (Å²) in [5.74, 6) is 0.628. The van der Waals surface area contributed by atoms with Crippen molar-refractivity contribution in [2.75, 3.05) is 0 Å². The normalized spacial score (nSPS) is 13.7. The molecule has 0 saturated heterocycles. The van der Waals surface area contributed by atoms with E-state index in [-0.39, 0.29) is 0 Å². The fraction of sp³-hybridized carbons (Fsp3) is 0.600. The first-order chi connectivity index (χ1) is 6.97. The van der Waals surface area contributed by atoms with Crippen LogP contribution in [0.3, 0.4) is 0 Å². The first-order valence-electron chi connectivity index (χ1n) is 5.92. The predicted octanol–water partition coefficient (Wildman–Crippen LogP) is 5.28. The summed E-state index contributed by atoms with van der Waals surface area (Å²) in [5, 5.41) is 0. The summed E-state index contributed by atoms with van der Waals surface area (Å²) in [5.41, 5.74) is 4.06. The third-order valence-electron chi connectivity index (χ3n) is 2.93. The van der Waals surface area contributed by atoms with E-state index in [1.165, 1.54) is 23.1 Å². The maximum atomic E-state index is 4.08. The Balaban J connectivity index is 4.17. The third-order valence-corrected chi connectivity index (χ3v) is 2.93. The lowest BCUT2D eigenvalue weighted by Gasteiger charge is -2.15. The van der Waals surface area contributed by atoms with Gasteiger partial charge in [-0.25, -0.2) is 0 Å². The standard InChI is InChI=1S/C15H26/c1-7-14(6)9-11-15(13(4)5)10-8-12(2)3/h9,15H,2,4,7-8,10-11H2,1,3,5-6H3/b14-9-. The minimum atomic E-state index is 0.628. The maximum absolute atomic E-state index is 4.08. The lowest BCUT2D eigenvalue weighted by atomic mass is 9.90. The van der Waals surface area contributed by atoms with Crippen LogP contribution in [-0.4, -0.2) is 0 Å². The molecular weight excluding hydrogens is 180 g/mol. The van der Waals surface area contributed by atoms with Gasteiger partial charge in [0.15, 0.2) is 0 Å². The van der Waals surface area contributed by atoms with Crippen molar-refractivity contribution in [2.24, 2.45) is 5.92 Å². The zero-order chi connectivity index (χ0) is 11.8. The number of rotatable bonds is 7. The van der Waals surface area contributed by atoms with E-state index in [1.807, 2.05) is 0 Å². The van der Waals surface area contributed by atoms with Gasteiger partial charge in [0.1, 0.15) is 0 Å². The van der Waals surface area contributed by atoms with E-state index in [9.17, 15) is 0 Å². The van der Waals surface area contributed by atoms with Crippen LogP contribution >= 0.6 is 0 Å². The summed E-state index contributed by atoms with van der Waals surface area (Å²) in [7, 11) is 0. The summed E-state index contributed by atoms with van der Waals surface area (Å²) in [6.07, 6.45) is 6.97. The Kier molecular flexibility index (Phi) is 7.11. The summed E-state index contributed by atoms with van der Waals surface area (Å²) < 4.78 is 0. The van der Waals surface area contributed by atoms with E-state index < -0.39 is 0 Å². The first-order valence-corrected chi connectivity index (χ1v) is 5.92. The topological polar surface area (TPSA) is 0 Å². The van der Waals surface area contributed by atoms with Crippen LogP contribution < -0.4 is 0 Å². The molecular formula is C15H26. The molecule has 0 N–H and O–H groups in total. The first kappa shape index (κ1) is 14.2. The lowest BCUT2D eigenvalue weighted by Crippen LogP contribution is -2.00. The summed E-state index contributed by atoms with van der Waals surface area (Å²) in [6.45, 7) is 16.7. The van der Waals surface area contributed by atoms with Gasteiger partial charge in [0.2, 0.25) is 0 Å². The molecule has 1 unspecified atom stereocenters. The van der Waals surface area contributed by atoms with Crippen molar-refractivity contribution in [3.8, 4) is 0 Å². The van der Waals surface area contributed by atoms with Gasteiger partial charge in [-0.3, -0.25) is 0 Å². The van der Waals surface area contributed by atoms with E-state index in [0.717, 1.165) is 19.3 Å². The van der Waals surface area contributed by atoms with Gasteiger partial charge in [-0.15, -0.1) is 6.58 Å². The average molecular weight is 206 g/mol. The number of allylic oxidation sites excluding steroid dienone is 4. The highest BCUT2D eigenvalue weighted by atomic mass is 14.1. The van der Waals surface area contributed by atoms with Crippen molar-refractivity contribution in [1.29, 1.82) is 0 Å². The quantitative estimate of drug-likeness (QED) is 0.497. The van der Waals surface area contributed by atoms with Crippen LogP contribution in [0.2, 0.25) is 0 Å². The van der Waals surface area contributed by atoms with Crippen LogP contribution in [0.5, 0.6) is 0 Å². The minimum absolute atomic E-state index is 0.628. The van der Waals surface area contributed by atoms with Gasteiger partial charge in [0, 0.05) is 0 Å². The molecule has 0 aliphatic carbocycles. The Morgan fingerprint density at radius 1 is 1.20 bits per heavy atom. The van der Waals surface area contributed by atoms with Gasteiger partial charge in [0.25, 0.3) is 0 Å². The zero-order valence-corrected chi connectivity index (χ0v) is 10.9. The Morgan fingerprint density at radius 2 is 1.80 bits per heavy atom. The molecule has 0 radical (unpaired) electrons. The molecule has 0 aromatic carbocycles. The van der Waals surface area contributed by atoms with E-state index in [0.29, 0.717) is 5.92 Å². The predicted molar refractivity (Wildman–Crippen MR) is 71.0 cm³/mol. The molecule has 86 valence electrons. The van der Waals surface area contributed by atoms with Gasteiger partial charge < -0.3 is 0 Å². The van der Waals surface area contributed by atoms with Crippen molar-refractivity contribution >= 4 is 0 Å². The van der Waals surface area contributed by atoms with Gasteiger partial charge >= 0.3 is 0 Å².